The minimum Gasteiger partial charge on any atom is -0.361 e. The monoisotopic (exact) mass is 186 g/mol. The lowest BCUT2D eigenvalue weighted by Gasteiger charge is -1.99. The quantitative estimate of drug-likeness (QED) is 0.364. The van der Waals surface area contributed by atoms with Gasteiger partial charge in [-0.25, -0.2) is 0 Å². The van der Waals surface area contributed by atoms with Crippen LogP contribution in [0.4, 0.5) is 0 Å². The average molecular weight is 186 g/mol. The maximum atomic E-state index is 10.5. The summed E-state index contributed by atoms with van der Waals surface area (Å²) in [5.74, 6) is 0. The molecule has 0 amide bonds. The Morgan fingerprint density at radius 1 is 1.50 bits per heavy atom. The molecule has 64 valence electrons. The molecule has 0 atom stereocenters. The molecule has 0 aliphatic heterocycles. The first-order chi connectivity index (χ1) is 5.54. The normalized spacial score (nSPS) is 17.1. The summed E-state index contributed by atoms with van der Waals surface area (Å²) in [6, 6.07) is 0. The van der Waals surface area contributed by atoms with Crippen molar-refractivity contribution in [3.05, 3.63) is 28.7 Å². The Morgan fingerprint density at radius 2 is 2.17 bits per heavy atom. The second-order valence-electron chi connectivity index (χ2n) is 2.21. The van der Waals surface area contributed by atoms with Crippen LogP contribution in [0.25, 0.3) is 5.53 Å². The second-order valence-corrected chi connectivity index (χ2v) is 3.63. The Morgan fingerprint density at radius 3 is 2.50 bits per heavy atom. The zero-order chi connectivity index (χ0) is 9.19. The minimum atomic E-state index is -4.12. The van der Waals surface area contributed by atoms with E-state index < -0.39 is 10.1 Å². The predicted octanol–water partition coefficient (Wildman–Crippen LogP) is 0.389. The van der Waals surface area contributed by atoms with Crippen molar-refractivity contribution in [2.45, 2.75) is 6.42 Å². The Bertz CT molecular complexity index is 399. The van der Waals surface area contributed by atoms with Gasteiger partial charge in [0.1, 0.15) is 0 Å². The average Bonchev–Trinajstić information content (AvgIpc) is 2.03. The van der Waals surface area contributed by atoms with Gasteiger partial charge in [0.2, 0.25) is 0 Å². The van der Waals surface area contributed by atoms with Crippen molar-refractivity contribution >= 4 is 15.8 Å². The van der Waals surface area contributed by atoms with E-state index in [0.717, 1.165) is 0 Å². The van der Waals surface area contributed by atoms with Gasteiger partial charge in [-0.1, -0.05) is 6.08 Å². The topological polar surface area (TPSA) is 90.8 Å². The van der Waals surface area contributed by atoms with E-state index in [2.05, 4.69) is 4.79 Å². The van der Waals surface area contributed by atoms with Crippen LogP contribution in [0.15, 0.2) is 23.1 Å². The van der Waals surface area contributed by atoms with Crippen LogP contribution in [-0.4, -0.2) is 23.5 Å². The van der Waals surface area contributed by atoms with Crippen LogP contribution in [0.5, 0.6) is 0 Å². The van der Waals surface area contributed by atoms with E-state index in [4.69, 9.17) is 10.1 Å². The molecular weight excluding hydrogens is 180 g/mol. The molecule has 12 heavy (non-hydrogen) atoms. The van der Waals surface area contributed by atoms with Crippen LogP contribution in [0, 0.1) is 0 Å². The largest absolute Gasteiger partial charge is 0.361 e. The molecule has 1 rings (SSSR count). The molecule has 0 heterocycles. The third-order valence-corrected chi connectivity index (χ3v) is 2.28. The molecular formula is C6H6N2O3S. The molecule has 0 aromatic rings. The van der Waals surface area contributed by atoms with E-state index >= 15 is 0 Å². The highest BCUT2D eigenvalue weighted by Gasteiger charge is 2.16. The van der Waals surface area contributed by atoms with E-state index in [1.54, 1.807) is 0 Å². The molecule has 0 aromatic carbocycles. The lowest BCUT2D eigenvalue weighted by Crippen LogP contribution is -2.05. The minimum absolute atomic E-state index is 0.171. The van der Waals surface area contributed by atoms with Crippen molar-refractivity contribution in [2.24, 2.45) is 0 Å². The molecule has 0 saturated heterocycles. The SMILES string of the molecule is [N-]=[N+]=C1C=CC(S(=O)(=O)O)=CC1. The van der Waals surface area contributed by atoms with Gasteiger partial charge in [-0.15, -0.1) is 0 Å². The number of hydrogen-bond donors (Lipinski definition) is 1. The third-order valence-electron chi connectivity index (χ3n) is 1.38. The smallest absolute Gasteiger partial charge is 0.295 e. The summed E-state index contributed by atoms with van der Waals surface area (Å²) in [4.78, 5) is 2.70. The van der Waals surface area contributed by atoms with E-state index in [1.165, 1.54) is 18.2 Å². The highest BCUT2D eigenvalue weighted by molar-refractivity contribution is 7.90. The molecule has 1 aliphatic rings. The van der Waals surface area contributed by atoms with Crippen LogP contribution >= 0.6 is 0 Å². The molecule has 0 saturated carbocycles. The molecule has 1 aliphatic carbocycles. The lowest BCUT2D eigenvalue weighted by atomic mass is 10.2. The van der Waals surface area contributed by atoms with E-state index in [1.807, 2.05) is 0 Å². The molecule has 6 heteroatoms. The van der Waals surface area contributed by atoms with E-state index in [9.17, 15) is 8.42 Å². The van der Waals surface area contributed by atoms with Gasteiger partial charge >= 0.3 is 0 Å². The Balaban J connectivity index is 3.00. The second kappa shape index (κ2) is 3.02. The van der Waals surface area contributed by atoms with Crippen LogP contribution in [0.1, 0.15) is 6.42 Å². The fourth-order valence-corrected chi connectivity index (χ4v) is 1.32. The van der Waals surface area contributed by atoms with E-state index in [-0.39, 0.29) is 11.3 Å². The molecule has 0 fully saturated rings. The van der Waals surface area contributed by atoms with Gasteiger partial charge in [-0.2, -0.15) is 13.2 Å². The number of allylic oxidation sites excluding steroid dienone is 3. The summed E-state index contributed by atoms with van der Waals surface area (Å²) in [6.45, 7) is 0. The molecule has 0 spiro atoms. The van der Waals surface area contributed by atoms with Crippen molar-refractivity contribution in [1.29, 1.82) is 0 Å². The van der Waals surface area contributed by atoms with Gasteiger partial charge < -0.3 is 5.53 Å². The maximum absolute atomic E-state index is 10.5. The first-order valence-electron chi connectivity index (χ1n) is 3.10. The van der Waals surface area contributed by atoms with E-state index in [0.29, 0.717) is 5.71 Å². The van der Waals surface area contributed by atoms with Gasteiger partial charge in [0.25, 0.3) is 15.8 Å². The Hall–Kier alpha value is -1.23. The summed E-state index contributed by atoms with van der Waals surface area (Å²) in [7, 11) is -4.12. The fourth-order valence-electron chi connectivity index (χ4n) is 0.785. The molecule has 0 aromatic heterocycles. The summed E-state index contributed by atoms with van der Waals surface area (Å²) in [6.07, 6.45) is 3.96. The summed E-state index contributed by atoms with van der Waals surface area (Å²) < 4.78 is 29.6. The molecule has 0 radical (unpaired) electrons. The van der Waals surface area contributed by atoms with Gasteiger partial charge in [-0.05, 0) is 6.08 Å². The standard InChI is InChI=1S/C6H6N2O3S/c7-8-5-1-3-6(4-2-5)12(9,10)11/h1,3-4H,2H2,(H,9,10,11). The van der Waals surface area contributed by atoms with Gasteiger partial charge in [0.15, 0.2) is 0 Å². The Kier molecular flexibility index (Phi) is 2.23. The summed E-state index contributed by atoms with van der Waals surface area (Å²) in [5.41, 5.74) is 8.63. The number of nitrogens with zero attached hydrogens (tertiary/aromatic N) is 2. The van der Waals surface area contributed by atoms with Crippen molar-refractivity contribution in [3.8, 4) is 0 Å². The van der Waals surface area contributed by atoms with Crippen LogP contribution in [-0.2, 0) is 10.1 Å². The Labute approximate surface area is 69.4 Å². The lowest BCUT2D eigenvalue weighted by molar-refractivity contribution is -0.00538. The first-order valence-corrected chi connectivity index (χ1v) is 4.54. The zero-order valence-electron chi connectivity index (χ0n) is 6.01. The predicted molar refractivity (Wildman–Crippen MR) is 42.0 cm³/mol. The van der Waals surface area contributed by atoms with Crippen LogP contribution < -0.4 is 0 Å². The van der Waals surface area contributed by atoms with Gasteiger partial charge in [0, 0.05) is 6.08 Å². The third kappa shape index (κ3) is 1.88. The van der Waals surface area contributed by atoms with Crippen LogP contribution in [0.2, 0.25) is 0 Å². The molecule has 1 N–H and O–H groups in total. The van der Waals surface area contributed by atoms with Gasteiger partial charge in [-0.3, -0.25) is 4.55 Å². The van der Waals surface area contributed by atoms with Crippen molar-refractivity contribution < 1.29 is 17.8 Å². The van der Waals surface area contributed by atoms with Gasteiger partial charge in [0.05, 0.1) is 11.3 Å². The first kappa shape index (κ1) is 8.86. The van der Waals surface area contributed by atoms with Crippen LogP contribution in [0.3, 0.4) is 0 Å². The summed E-state index contributed by atoms with van der Waals surface area (Å²) >= 11 is 0. The molecule has 5 nitrogen and oxygen atoms in total. The number of rotatable bonds is 1. The molecule has 0 unspecified atom stereocenters. The number of hydrogen-bond acceptors (Lipinski definition) is 2. The highest BCUT2D eigenvalue weighted by atomic mass is 32.2. The maximum Gasteiger partial charge on any atom is 0.295 e. The van der Waals surface area contributed by atoms with Crippen molar-refractivity contribution in [3.63, 3.8) is 0 Å². The molecule has 0 bridgehead atoms. The van der Waals surface area contributed by atoms with Crippen molar-refractivity contribution in [1.82, 2.24) is 0 Å². The zero-order valence-corrected chi connectivity index (χ0v) is 6.82. The van der Waals surface area contributed by atoms with Crippen molar-refractivity contribution in [2.75, 3.05) is 0 Å². The fraction of sp³-hybridized carbons (Fsp3) is 0.167. The summed E-state index contributed by atoms with van der Waals surface area (Å²) in [5, 5.41) is 0. The highest BCUT2D eigenvalue weighted by Crippen LogP contribution is 2.12.